The first-order valence-corrected chi connectivity index (χ1v) is 4.09. The Hall–Kier alpha value is -1.84. The summed E-state index contributed by atoms with van der Waals surface area (Å²) in [6.07, 6.45) is 1.63. The van der Waals surface area contributed by atoms with E-state index < -0.39 is 11.7 Å². The zero-order chi connectivity index (χ0) is 10.6. The van der Waals surface area contributed by atoms with Gasteiger partial charge in [-0.2, -0.15) is 0 Å². The molecule has 0 aliphatic rings. The number of primary amides is 1. The monoisotopic (exact) mass is 194 g/mol. The maximum absolute atomic E-state index is 12.8. The second-order valence-corrected chi connectivity index (χ2v) is 2.72. The number of halogens is 1. The predicted octanol–water partition coefficient (Wildman–Crippen LogP) is 1.52. The number of hydrogen-bond donors (Lipinski definition) is 2. The van der Waals surface area contributed by atoms with Gasteiger partial charge in [0.2, 0.25) is 0 Å². The SMILES string of the molecule is C=CCNc1ccc(F)cc1C(N)=O. The van der Waals surface area contributed by atoms with E-state index in [1.165, 1.54) is 12.1 Å². The molecular weight excluding hydrogens is 183 g/mol. The Bertz CT molecular complexity index is 363. The summed E-state index contributed by atoms with van der Waals surface area (Å²) in [6.45, 7) is 4.01. The molecule has 0 aromatic heterocycles. The third-order valence-corrected chi connectivity index (χ3v) is 1.68. The average molecular weight is 194 g/mol. The number of anilines is 1. The number of nitrogens with two attached hydrogens (primary N) is 1. The smallest absolute Gasteiger partial charge is 0.250 e. The molecule has 0 heterocycles. The molecule has 0 saturated heterocycles. The van der Waals surface area contributed by atoms with Gasteiger partial charge in [-0.25, -0.2) is 4.39 Å². The van der Waals surface area contributed by atoms with Gasteiger partial charge in [-0.05, 0) is 18.2 Å². The van der Waals surface area contributed by atoms with Gasteiger partial charge in [-0.1, -0.05) is 6.08 Å². The Balaban J connectivity index is 3.01. The number of carbonyl (C=O) groups is 1. The van der Waals surface area contributed by atoms with Crippen molar-refractivity contribution in [2.45, 2.75) is 0 Å². The van der Waals surface area contributed by atoms with E-state index in [4.69, 9.17) is 5.73 Å². The molecule has 74 valence electrons. The summed E-state index contributed by atoms with van der Waals surface area (Å²) in [7, 11) is 0. The molecule has 0 atom stereocenters. The number of rotatable bonds is 4. The molecule has 0 aliphatic carbocycles. The second-order valence-electron chi connectivity index (χ2n) is 2.72. The zero-order valence-electron chi connectivity index (χ0n) is 7.59. The van der Waals surface area contributed by atoms with Gasteiger partial charge < -0.3 is 11.1 Å². The third-order valence-electron chi connectivity index (χ3n) is 1.68. The highest BCUT2D eigenvalue weighted by molar-refractivity contribution is 5.98. The van der Waals surface area contributed by atoms with Crippen LogP contribution in [-0.2, 0) is 0 Å². The molecular formula is C10H11FN2O. The molecule has 0 spiro atoms. The van der Waals surface area contributed by atoms with Gasteiger partial charge in [0.15, 0.2) is 0 Å². The summed E-state index contributed by atoms with van der Waals surface area (Å²) in [6, 6.07) is 3.84. The van der Waals surface area contributed by atoms with Crippen LogP contribution in [0.2, 0.25) is 0 Å². The summed E-state index contributed by atoms with van der Waals surface area (Å²) >= 11 is 0. The predicted molar refractivity (Wildman–Crippen MR) is 53.6 cm³/mol. The molecule has 1 amide bonds. The van der Waals surface area contributed by atoms with Crippen molar-refractivity contribution in [2.75, 3.05) is 11.9 Å². The lowest BCUT2D eigenvalue weighted by Gasteiger charge is -2.07. The lowest BCUT2D eigenvalue weighted by molar-refractivity contribution is 0.100. The van der Waals surface area contributed by atoms with E-state index in [2.05, 4.69) is 11.9 Å². The highest BCUT2D eigenvalue weighted by Gasteiger charge is 2.08. The van der Waals surface area contributed by atoms with Gasteiger partial charge >= 0.3 is 0 Å². The molecule has 0 unspecified atom stereocenters. The minimum absolute atomic E-state index is 0.145. The van der Waals surface area contributed by atoms with Crippen LogP contribution in [0.25, 0.3) is 0 Å². The van der Waals surface area contributed by atoms with Gasteiger partial charge in [0.1, 0.15) is 5.82 Å². The number of nitrogens with one attached hydrogen (secondary N) is 1. The fourth-order valence-corrected chi connectivity index (χ4v) is 1.06. The van der Waals surface area contributed by atoms with E-state index in [-0.39, 0.29) is 5.56 Å². The molecule has 0 bridgehead atoms. The Morgan fingerprint density at radius 3 is 2.93 bits per heavy atom. The summed E-state index contributed by atoms with van der Waals surface area (Å²) in [5.74, 6) is -1.14. The van der Waals surface area contributed by atoms with Crippen molar-refractivity contribution in [3.05, 3.63) is 42.2 Å². The largest absolute Gasteiger partial charge is 0.381 e. The molecule has 0 radical (unpaired) electrons. The highest BCUT2D eigenvalue weighted by Crippen LogP contribution is 2.16. The molecule has 14 heavy (non-hydrogen) atoms. The van der Waals surface area contributed by atoms with E-state index >= 15 is 0 Å². The highest BCUT2D eigenvalue weighted by atomic mass is 19.1. The quantitative estimate of drug-likeness (QED) is 0.714. The van der Waals surface area contributed by atoms with E-state index in [0.29, 0.717) is 12.2 Å². The van der Waals surface area contributed by atoms with Crippen molar-refractivity contribution < 1.29 is 9.18 Å². The molecule has 1 aromatic carbocycles. The van der Waals surface area contributed by atoms with Crippen LogP contribution in [0, 0.1) is 5.82 Å². The summed E-state index contributed by atoms with van der Waals surface area (Å²) < 4.78 is 12.8. The van der Waals surface area contributed by atoms with E-state index in [0.717, 1.165) is 6.07 Å². The third kappa shape index (κ3) is 2.32. The maximum Gasteiger partial charge on any atom is 0.250 e. The molecule has 1 aromatic rings. The Morgan fingerprint density at radius 2 is 2.36 bits per heavy atom. The van der Waals surface area contributed by atoms with E-state index in [1.807, 2.05) is 0 Å². The Labute approximate surface area is 81.4 Å². The van der Waals surface area contributed by atoms with Gasteiger partial charge in [0.05, 0.1) is 5.56 Å². The minimum atomic E-state index is -0.656. The van der Waals surface area contributed by atoms with Crippen molar-refractivity contribution >= 4 is 11.6 Å². The average Bonchev–Trinajstić information content (AvgIpc) is 2.15. The normalized spacial score (nSPS) is 9.50. The first-order chi connectivity index (χ1) is 6.65. The molecule has 0 saturated carbocycles. The number of hydrogen-bond acceptors (Lipinski definition) is 2. The lowest BCUT2D eigenvalue weighted by Crippen LogP contribution is -2.14. The van der Waals surface area contributed by atoms with Crippen molar-refractivity contribution in [3.63, 3.8) is 0 Å². The fraction of sp³-hybridized carbons (Fsp3) is 0.100. The molecule has 1 rings (SSSR count). The van der Waals surface area contributed by atoms with Crippen molar-refractivity contribution in [3.8, 4) is 0 Å². The number of benzene rings is 1. The standard InChI is InChI=1S/C10H11FN2O/c1-2-5-13-9-4-3-7(11)6-8(9)10(12)14/h2-4,6,13H,1,5H2,(H2,12,14). The zero-order valence-corrected chi connectivity index (χ0v) is 7.59. The van der Waals surface area contributed by atoms with Crippen LogP contribution < -0.4 is 11.1 Å². The van der Waals surface area contributed by atoms with Gasteiger partial charge in [0.25, 0.3) is 5.91 Å². The molecule has 4 heteroatoms. The Morgan fingerprint density at radius 1 is 1.64 bits per heavy atom. The van der Waals surface area contributed by atoms with Gasteiger partial charge in [-0.3, -0.25) is 4.79 Å². The Kier molecular flexibility index (Phi) is 3.23. The van der Waals surface area contributed by atoms with Crippen LogP contribution in [0.4, 0.5) is 10.1 Å². The van der Waals surface area contributed by atoms with Crippen LogP contribution in [-0.4, -0.2) is 12.5 Å². The second kappa shape index (κ2) is 4.41. The van der Waals surface area contributed by atoms with Crippen LogP contribution in [0.15, 0.2) is 30.9 Å². The lowest BCUT2D eigenvalue weighted by atomic mass is 10.1. The van der Waals surface area contributed by atoms with Crippen LogP contribution in [0.5, 0.6) is 0 Å². The van der Waals surface area contributed by atoms with Crippen LogP contribution in [0.3, 0.4) is 0 Å². The first kappa shape index (κ1) is 10.2. The van der Waals surface area contributed by atoms with E-state index in [9.17, 15) is 9.18 Å². The maximum atomic E-state index is 12.8. The molecule has 3 nitrogen and oxygen atoms in total. The van der Waals surface area contributed by atoms with Gasteiger partial charge in [-0.15, -0.1) is 6.58 Å². The minimum Gasteiger partial charge on any atom is -0.381 e. The number of amides is 1. The van der Waals surface area contributed by atoms with Crippen molar-refractivity contribution in [1.82, 2.24) is 0 Å². The molecule has 3 N–H and O–H groups in total. The van der Waals surface area contributed by atoms with Crippen LogP contribution >= 0.6 is 0 Å². The van der Waals surface area contributed by atoms with Gasteiger partial charge in [0, 0.05) is 12.2 Å². The van der Waals surface area contributed by atoms with Crippen LogP contribution in [0.1, 0.15) is 10.4 Å². The van der Waals surface area contributed by atoms with Crippen molar-refractivity contribution in [2.24, 2.45) is 5.73 Å². The number of carbonyl (C=O) groups excluding carboxylic acids is 1. The van der Waals surface area contributed by atoms with Crippen molar-refractivity contribution in [1.29, 1.82) is 0 Å². The first-order valence-electron chi connectivity index (χ1n) is 4.09. The fourth-order valence-electron chi connectivity index (χ4n) is 1.06. The summed E-state index contributed by atoms with van der Waals surface area (Å²) in [5, 5.41) is 2.89. The molecule has 0 fully saturated rings. The topological polar surface area (TPSA) is 55.1 Å². The molecule has 0 aliphatic heterocycles. The summed E-state index contributed by atoms with van der Waals surface area (Å²) in [5.41, 5.74) is 5.74. The van der Waals surface area contributed by atoms with E-state index in [1.54, 1.807) is 6.08 Å². The summed E-state index contributed by atoms with van der Waals surface area (Å²) in [4.78, 5) is 10.9.